The third-order valence-electron chi connectivity index (χ3n) is 3.55. The summed E-state index contributed by atoms with van der Waals surface area (Å²) < 4.78 is 0. The van der Waals surface area contributed by atoms with E-state index in [2.05, 4.69) is 41.0 Å². The summed E-state index contributed by atoms with van der Waals surface area (Å²) in [7, 11) is 0. The molecule has 2 nitrogen and oxygen atoms in total. The average molecular weight is 202 g/mol. The Morgan fingerprint density at radius 2 is 2.00 bits per heavy atom. The number of rotatable bonds is 4. The van der Waals surface area contributed by atoms with Crippen molar-refractivity contribution in [2.24, 2.45) is 5.92 Å². The van der Waals surface area contributed by atoms with Crippen LogP contribution in [0.25, 0.3) is 0 Å². The standard InChI is InChI=1S/C13H18N2/c1-2-4-11(5-3-1)12-6-13(12)15-9-10-7-14-8-10/h1-5,10,12-15H,6-9H2/t12-,13+/m1/s1. The van der Waals surface area contributed by atoms with Crippen molar-refractivity contribution in [2.75, 3.05) is 19.6 Å². The molecule has 1 aliphatic heterocycles. The Morgan fingerprint density at radius 1 is 1.20 bits per heavy atom. The van der Waals surface area contributed by atoms with Gasteiger partial charge in [-0.3, -0.25) is 0 Å². The second kappa shape index (κ2) is 3.95. The van der Waals surface area contributed by atoms with Crippen LogP contribution in [-0.4, -0.2) is 25.7 Å². The smallest absolute Gasteiger partial charge is 0.0143 e. The molecule has 2 heteroatoms. The first-order chi connectivity index (χ1) is 7.43. The maximum atomic E-state index is 3.67. The van der Waals surface area contributed by atoms with Crippen LogP contribution in [0.1, 0.15) is 17.9 Å². The van der Waals surface area contributed by atoms with E-state index in [1.54, 1.807) is 0 Å². The molecule has 0 spiro atoms. The molecule has 1 saturated carbocycles. The summed E-state index contributed by atoms with van der Waals surface area (Å²) in [5, 5.41) is 6.98. The SMILES string of the molecule is c1ccc([C@H]2C[C@@H]2NCC2CNC2)cc1. The zero-order chi connectivity index (χ0) is 10.1. The van der Waals surface area contributed by atoms with Crippen LogP contribution in [0.4, 0.5) is 0 Å². The molecule has 1 aliphatic carbocycles. The summed E-state index contributed by atoms with van der Waals surface area (Å²) in [6, 6.07) is 11.6. The molecule has 0 amide bonds. The van der Waals surface area contributed by atoms with Gasteiger partial charge in [-0.05, 0) is 17.9 Å². The lowest BCUT2D eigenvalue weighted by molar-refractivity contribution is 0.330. The molecular weight excluding hydrogens is 184 g/mol. The van der Waals surface area contributed by atoms with Crippen molar-refractivity contribution in [2.45, 2.75) is 18.4 Å². The predicted octanol–water partition coefficient (Wildman–Crippen LogP) is 1.35. The van der Waals surface area contributed by atoms with Gasteiger partial charge in [0, 0.05) is 31.6 Å². The number of benzene rings is 1. The summed E-state index contributed by atoms with van der Waals surface area (Å²) in [5.74, 6) is 1.65. The van der Waals surface area contributed by atoms with Gasteiger partial charge in [0.1, 0.15) is 0 Å². The Morgan fingerprint density at radius 3 is 2.67 bits per heavy atom. The fraction of sp³-hybridized carbons (Fsp3) is 0.538. The third kappa shape index (κ3) is 2.06. The van der Waals surface area contributed by atoms with Crippen molar-refractivity contribution < 1.29 is 0 Å². The first-order valence-corrected chi connectivity index (χ1v) is 5.92. The van der Waals surface area contributed by atoms with Crippen LogP contribution in [0.15, 0.2) is 30.3 Å². The van der Waals surface area contributed by atoms with Crippen LogP contribution < -0.4 is 10.6 Å². The number of nitrogens with one attached hydrogen (secondary N) is 2. The molecule has 15 heavy (non-hydrogen) atoms. The van der Waals surface area contributed by atoms with Gasteiger partial charge in [-0.15, -0.1) is 0 Å². The van der Waals surface area contributed by atoms with E-state index in [1.165, 1.54) is 31.6 Å². The fourth-order valence-corrected chi connectivity index (χ4v) is 2.30. The van der Waals surface area contributed by atoms with Gasteiger partial charge in [0.2, 0.25) is 0 Å². The Bertz CT molecular complexity index is 319. The van der Waals surface area contributed by atoms with Crippen molar-refractivity contribution in [3.05, 3.63) is 35.9 Å². The lowest BCUT2D eigenvalue weighted by Crippen LogP contribution is -2.47. The topological polar surface area (TPSA) is 24.1 Å². The molecule has 2 fully saturated rings. The monoisotopic (exact) mass is 202 g/mol. The highest BCUT2D eigenvalue weighted by Gasteiger charge is 2.38. The molecule has 1 saturated heterocycles. The minimum atomic E-state index is 0.744. The highest BCUT2D eigenvalue weighted by atomic mass is 15.0. The van der Waals surface area contributed by atoms with Crippen molar-refractivity contribution in [3.8, 4) is 0 Å². The molecule has 2 atom stereocenters. The maximum Gasteiger partial charge on any atom is 0.0143 e. The Labute approximate surface area is 91.1 Å². The van der Waals surface area contributed by atoms with Gasteiger partial charge in [0.25, 0.3) is 0 Å². The van der Waals surface area contributed by atoms with Gasteiger partial charge in [0.15, 0.2) is 0 Å². The van der Waals surface area contributed by atoms with Crippen molar-refractivity contribution >= 4 is 0 Å². The van der Waals surface area contributed by atoms with E-state index in [1.807, 2.05) is 0 Å². The summed E-state index contributed by atoms with van der Waals surface area (Å²) in [4.78, 5) is 0. The minimum absolute atomic E-state index is 0.744. The molecule has 3 rings (SSSR count). The molecule has 0 unspecified atom stereocenters. The molecule has 80 valence electrons. The van der Waals surface area contributed by atoms with E-state index in [-0.39, 0.29) is 0 Å². The first kappa shape index (κ1) is 9.37. The van der Waals surface area contributed by atoms with Crippen LogP contribution in [-0.2, 0) is 0 Å². The summed E-state index contributed by atoms with van der Waals surface area (Å²) in [5.41, 5.74) is 1.50. The fourth-order valence-electron chi connectivity index (χ4n) is 2.30. The number of hydrogen-bond donors (Lipinski definition) is 2. The molecule has 1 aromatic rings. The van der Waals surface area contributed by atoms with Crippen molar-refractivity contribution in [1.82, 2.24) is 10.6 Å². The molecule has 0 aromatic heterocycles. The van der Waals surface area contributed by atoms with Gasteiger partial charge in [0.05, 0.1) is 0 Å². The van der Waals surface area contributed by atoms with Crippen LogP contribution in [0.2, 0.25) is 0 Å². The highest BCUT2D eigenvalue weighted by molar-refractivity contribution is 5.27. The third-order valence-corrected chi connectivity index (χ3v) is 3.55. The van der Waals surface area contributed by atoms with E-state index >= 15 is 0 Å². The van der Waals surface area contributed by atoms with Crippen LogP contribution in [0.5, 0.6) is 0 Å². The molecule has 1 aromatic carbocycles. The van der Waals surface area contributed by atoms with Crippen LogP contribution >= 0.6 is 0 Å². The van der Waals surface area contributed by atoms with E-state index in [9.17, 15) is 0 Å². The summed E-state index contributed by atoms with van der Waals surface area (Å²) in [6.45, 7) is 3.60. The highest BCUT2D eigenvalue weighted by Crippen LogP contribution is 2.40. The first-order valence-electron chi connectivity index (χ1n) is 5.92. The van der Waals surface area contributed by atoms with E-state index in [0.29, 0.717) is 0 Å². The van der Waals surface area contributed by atoms with Gasteiger partial charge in [-0.25, -0.2) is 0 Å². The normalized spacial score (nSPS) is 29.9. The average Bonchev–Trinajstić information content (AvgIpc) is 2.96. The van der Waals surface area contributed by atoms with E-state index in [4.69, 9.17) is 0 Å². The van der Waals surface area contributed by atoms with Gasteiger partial charge < -0.3 is 10.6 Å². The minimum Gasteiger partial charge on any atom is -0.316 e. The predicted molar refractivity (Wildman–Crippen MR) is 62.0 cm³/mol. The second-order valence-electron chi connectivity index (χ2n) is 4.79. The quantitative estimate of drug-likeness (QED) is 0.770. The molecule has 2 N–H and O–H groups in total. The summed E-state index contributed by atoms with van der Waals surface area (Å²) >= 11 is 0. The Kier molecular flexibility index (Phi) is 2.47. The molecular formula is C13H18N2. The lowest BCUT2D eigenvalue weighted by Gasteiger charge is -2.27. The molecule has 0 bridgehead atoms. The van der Waals surface area contributed by atoms with Gasteiger partial charge >= 0.3 is 0 Å². The second-order valence-corrected chi connectivity index (χ2v) is 4.79. The summed E-state index contributed by atoms with van der Waals surface area (Å²) in [6.07, 6.45) is 1.32. The molecule has 1 heterocycles. The lowest BCUT2D eigenvalue weighted by atomic mass is 10.0. The maximum absolute atomic E-state index is 3.67. The van der Waals surface area contributed by atoms with Gasteiger partial charge in [-0.2, -0.15) is 0 Å². The van der Waals surface area contributed by atoms with Crippen molar-refractivity contribution in [3.63, 3.8) is 0 Å². The molecule has 2 aliphatic rings. The largest absolute Gasteiger partial charge is 0.316 e. The zero-order valence-corrected chi connectivity index (χ0v) is 8.95. The van der Waals surface area contributed by atoms with E-state index in [0.717, 1.165) is 17.9 Å². The Hall–Kier alpha value is -0.860. The van der Waals surface area contributed by atoms with Crippen LogP contribution in [0.3, 0.4) is 0 Å². The zero-order valence-electron chi connectivity index (χ0n) is 8.95. The molecule has 0 radical (unpaired) electrons. The number of hydrogen-bond acceptors (Lipinski definition) is 2. The van der Waals surface area contributed by atoms with E-state index < -0.39 is 0 Å². The Balaban J connectivity index is 1.47. The van der Waals surface area contributed by atoms with Crippen LogP contribution in [0, 0.1) is 5.92 Å². The van der Waals surface area contributed by atoms with Crippen molar-refractivity contribution in [1.29, 1.82) is 0 Å². The van der Waals surface area contributed by atoms with Gasteiger partial charge in [-0.1, -0.05) is 30.3 Å².